The SMILES string of the molecule is O=C(COC[C@H]1CCCCO1)NCc1cnn2ccccc12. The molecular weight excluding hydrogens is 282 g/mol. The van der Waals surface area contributed by atoms with E-state index in [2.05, 4.69) is 10.4 Å². The van der Waals surface area contributed by atoms with Crippen LogP contribution in [0.15, 0.2) is 30.6 Å². The maximum atomic E-state index is 11.8. The van der Waals surface area contributed by atoms with E-state index in [1.165, 1.54) is 6.42 Å². The Morgan fingerprint density at radius 1 is 1.45 bits per heavy atom. The van der Waals surface area contributed by atoms with Crippen LogP contribution in [0.4, 0.5) is 0 Å². The van der Waals surface area contributed by atoms with Crippen molar-refractivity contribution in [1.29, 1.82) is 0 Å². The van der Waals surface area contributed by atoms with Gasteiger partial charge in [0.05, 0.1) is 24.4 Å². The highest BCUT2D eigenvalue weighted by Gasteiger charge is 2.14. The number of fused-ring (bicyclic) bond motifs is 1. The van der Waals surface area contributed by atoms with Gasteiger partial charge in [0, 0.05) is 24.9 Å². The van der Waals surface area contributed by atoms with Crippen LogP contribution < -0.4 is 5.32 Å². The molecule has 2 aromatic rings. The first-order chi connectivity index (χ1) is 10.8. The molecule has 3 heterocycles. The van der Waals surface area contributed by atoms with E-state index in [0.29, 0.717) is 13.2 Å². The van der Waals surface area contributed by atoms with E-state index in [0.717, 1.165) is 30.5 Å². The van der Waals surface area contributed by atoms with E-state index in [4.69, 9.17) is 9.47 Å². The number of hydrogen-bond donors (Lipinski definition) is 1. The molecule has 0 aromatic carbocycles. The van der Waals surface area contributed by atoms with E-state index in [1.807, 2.05) is 24.4 Å². The third kappa shape index (κ3) is 3.84. The van der Waals surface area contributed by atoms with Crippen LogP contribution in [-0.2, 0) is 20.8 Å². The van der Waals surface area contributed by atoms with Gasteiger partial charge < -0.3 is 14.8 Å². The van der Waals surface area contributed by atoms with Gasteiger partial charge >= 0.3 is 0 Å². The predicted octanol–water partition coefficient (Wildman–Crippen LogP) is 1.54. The summed E-state index contributed by atoms with van der Waals surface area (Å²) >= 11 is 0. The number of nitrogens with zero attached hydrogens (tertiary/aromatic N) is 2. The number of rotatable bonds is 6. The first kappa shape index (κ1) is 15.0. The van der Waals surface area contributed by atoms with E-state index in [1.54, 1.807) is 10.7 Å². The van der Waals surface area contributed by atoms with Crippen molar-refractivity contribution in [1.82, 2.24) is 14.9 Å². The molecule has 0 spiro atoms. The van der Waals surface area contributed by atoms with Crippen molar-refractivity contribution in [3.8, 4) is 0 Å². The highest BCUT2D eigenvalue weighted by molar-refractivity contribution is 5.77. The van der Waals surface area contributed by atoms with Gasteiger partial charge in [-0.15, -0.1) is 0 Å². The smallest absolute Gasteiger partial charge is 0.246 e. The maximum absolute atomic E-state index is 11.8. The highest BCUT2D eigenvalue weighted by Crippen LogP contribution is 2.12. The first-order valence-electron chi connectivity index (χ1n) is 7.70. The molecule has 0 unspecified atom stereocenters. The number of carbonyl (C=O) groups excluding carboxylic acids is 1. The predicted molar refractivity (Wildman–Crippen MR) is 81.4 cm³/mol. The molecule has 22 heavy (non-hydrogen) atoms. The molecule has 1 aliphatic rings. The van der Waals surface area contributed by atoms with Crippen LogP contribution in [-0.4, -0.2) is 41.4 Å². The molecule has 2 aromatic heterocycles. The normalized spacial score (nSPS) is 18.5. The van der Waals surface area contributed by atoms with Gasteiger partial charge in [-0.05, 0) is 31.4 Å². The second kappa shape index (κ2) is 7.38. The number of aromatic nitrogens is 2. The summed E-state index contributed by atoms with van der Waals surface area (Å²) in [5.74, 6) is -0.119. The van der Waals surface area contributed by atoms with E-state index < -0.39 is 0 Å². The summed E-state index contributed by atoms with van der Waals surface area (Å²) in [6.07, 6.45) is 7.11. The molecule has 1 amide bonds. The van der Waals surface area contributed by atoms with Gasteiger partial charge in [-0.25, -0.2) is 4.52 Å². The molecule has 0 radical (unpaired) electrons. The molecule has 0 aliphatic carbocycles. The minimum absolute atomic E-state index is 0.0685. The van der Waals surface area contributed by atoms with Crippen LogP contribution in [0, 0.1) is 0 Å². The Morgan fingerprint density at radius 2 is 2.41 bits per heavy atom. The van der Waals surface area contributed by atoms with Crippen LogP contribution in [0.25, 0.3) is 5.52 Å². The minimum Gasteiger partial charge on any atom is -0.376 e. The van der Waals surface area contributed by atoms with Gasteiger partial charge in [-0.1, -0.05) is 6.07 Å². The molecule has 118 valence electrons. The van der Waals surface area contributed by atoms with Crippen LogP contribution >= 0.6 is 0 Å². The maximum Gasteiger partial charge on any atom is 0.246 e. The number of hydrogen-bond acceptors (Lipinski definition) is 4. The average Bonchev–Trinajstić information content (AvgIpc) is 2.97. The van der Waals surface area contributed by atoms with Gasteiger partial charge in [0.1, 0.15) is 6.61 Å². The molecule has 0 bridgehead atoms. The van der Waals surface area contributed by atoms with Crippen molar-refractivity contribution >= 4 is 11.4 Å². The van der Waals surface area contributed by atoms with E-state index in [-0.39, 0.29) is 18.6 Å². The van der Waals surface area contributed by atoms with Crippen LogP contribution in [0.3, 0.4) is 0 Å². The number of amides is 1. The Bertz CT molecular complexity index is 620. The van der Waals surface area contributed by atoms with Gasteiger partial charge in [-0.3, -0.25) is 4.79 Å². The summed E-state index contributed by atoms with van der Waals surface area (Å²) in [7, 11) is 0. The van der Waals surface area contributed by atoms with E-state index in [9.17, 15) is 4.79 Å². The summed E-state index contributed by atoms with van der Waals surface area (Å²) in [6.45, 7) is 1.81. The lowest BCUT2D eigenvalue weighted by Crippen LogP contribution is -2.30. The second-order valence-corrected chi connectivity index (χ2v) is 5.48. The van der Waals surface area contributed by atoms with Crippen molar-refractivity contribution in [2.75, 3.05) is 19.8 Å². The van der Waals surface area contributed by atoms with Crippen molar-refractivity contribution in [3.05, 3.63) is 36.2 Å². The molecule has 6 heteroatoms. The average molecular weight is 303 g/mol. The number of carbonyl (C=O) groups is 1. The van der Waals surface area contributed by atoms with Crippen LogP contribution in [0.5, 0.6) is 0 Å². The van der Waals surface area contributed by atoms with Gasteiger partial charge in [0.15, 0.2) is 0 Å². The Morgan fingerprint density at radius 3 is 3.27 bits per heavy atom. The highest BCUT2D eigenvalue weighted by atomic mass is 16.5. The fraction of sp³-hybridized carbons (Fsp3) is 0.500. The standard InChI is InChI=1S/C16H21N3O3/c20-16(12-21-11-14-5-2-4-8-22-14)17-9-13-10-18-19-7-3-1-6-15(13)19/h1,3,6-7,10,14H,2,4-5,8-9,11-12H2,(H,17,20)/t14-/m1/s1. The zero-order valence-electron chi connectivity index (χ0n) is 12.5. The lowest BCUT2D eigenvalue weighted by Gasteiger charge is -2.22. The Labute approximate surface area is 129 Å². The zero-order valence-corrected chi connectivity index (χ0v) is 12.5. The topological polar surface area (TPSA) is 64.9 Å². The molecule has 3 rings (SSSR count). The Balaban J connectivity index is 1.40. The van der Waals surface area contributed by atoms with Gasteiger partial charge in [0.2, 0.25) is 5.91 Å². The van der Waals surface area contributed by atoms with Gasteiger partial charge in [-0.2, -0.15) is 5.10 Å². The molecule has 1 N–H and O–H groups in total. The third-order valence-corrected chi connectivity index (χ3v) is 3.79. The van der Waals surface area contributed by atoms with Crippen molar-refractivity contribution < 1.29 is 14.3 Å². The fourth-order valence-electron chi connectivity index (χ4n) is 2.59. The molecular formula is C16H21N3O3. The van der Waals surface area contributed by atoms with Crippen molar-refractivity contribution in [2.24, 2.45) is 0 Å². The fourth-order valence-corrected chi connectivity index (χ4v) is 2.59. The third-order valence-electron chi connectivity index (χ3n) is 3.79. The van der Waals surface area contributed by atoms with Crippen molar-refractivity contribution in [3.63, 3.8) is 0 Å². The molecule has 6 nitrogen and oxygen atoms in total. The monoisotopic (exact) mass is 303 g/mol. The van der Waals surface area contributed by atoms with Crippen LogP contribution in [0.2, 0.25) is 0 Å². The number of pyridine rings is 1. The van der Waals surface area contributed by atoms with Crippen molar-refractivity contribution in [2.45, 2.75) is 31.9 Å². The van der Waals surface area contributed by atoms with Crippen LogP contribution in [0.1, 0.15) is 24.8 Å². The number of ether oxygens (including phenoxy) is 2. The zero-order chi connectivity index (χ0) is 15.2. The summed E-state index contributed by atoms with van der Waals surface area (Å²) in [4.78, 5) is 11.8. The lowest BCUT2D eigenvalue weighted by atomic mass is 10.1. The first-order valence-corrected chi connectivity index (χ1v) is 7.70. The molecule has 1 aliphatic heterocycles. The van der Waals surface area contributed by atoms with E-state index >= 15 is 0 Å². The molecule has 1 atom stereocenters. The summed E-state index contributed by atoms with van der Waals surface area (Å²) in [5.41, 5.74) is 1.99. The summed E-state index contributed by atoms with van der Waals surface area (Å²) in [6, 6.07) is 5.85. The minimum atomic E-state index is -0.119. The largest absolute Gasteiger partial charge is 0.376 e. The molecule has 1 saturated heterocycles. The Kier molecular flexibility index (Phi) is 5.03. The van der Waals surface area contributed by atoms with Gasteiger partial charge in [0.25, 0.3) is 0 Å². The quantitative estimate of drug-likeness (QED) is 0.879. The number of nitrogens with one attached hydrogen (secondary N) is 1. The summed E-state index contributed by atoms with van der Waals surface area (Å²) < 4.78 is 12.8. The molecule has 1 fully saturated rings. The summed E-state index contributed by atoms with van der Waals surface area (Å²) in [5, 5.41) is 7.09. The Hall–Kier alpha value is -1.92. The second-order valence-electron chi connectivity index (χ2n) is 5.48. The molecule has 0 saturated carbocycles. The lowest BCUT2D eigenvalue weighted by molar-refractivity contribution is -0.128.